The summed E-state index contributed by atoms with van der Waals surface area (Å²) >= 11 is 6.83. The number of aromatic carboxylic acids is 1. The molecule has 0 saturated carbocycles. The smallest absolute Gasteiger partial charge is 0.338 e. The third-order valence-electron chi connectivity index (χ3n) is 1.82. The van der Waals surface area contributed by atoms with Crippen LogP contribution in [0.25, 0.3) is 0 Å². The van der Waals surface area contributed by atoms with Crippen molar-refractivity contribution in [3.8, 4) is 0 Å². The number of rotatable bonds is 3. The van der Waals surface area contributed by atoms with Crippen molar-refractivity contribution in [3.05, 3.63) is 41.2 Å². The zero-order chi connectivity index (χ0) is 12.3. The van der Waals surface area contributed by atoms with E-state index in [2.05, 4.69) is 15.2 Å². The second-order valence-corrected chi connectivity index (χ2v) is 4.42. The average Bonchev–Trinajstić information content (AvgIpc) is 2.32. The molecule has 0 atom stereocenters. The van der Waals surface area contributed by atoms with Gasteiger partial charge in [0.15, 0.2) is 0 Å². The first kappa shape index (κ1) is 11.8. The van der Waals surface area contributed by atoms with Gasteiger partial charge in [-0.05, 0) is 30.0 Å². The second-order valence-electron chi connectivity index (χ2n) is 2.97. The van der Waals surface area contributed by atoms with E-state index in [0.717, 1.165) is 11.8 Å². The molecule has 2 aromatic rings. The molecule has 0 unspecified atom stereocenters. The molecule has 17 heavy (non-hydrogen) atoms. The standard InChI is InChI=1S/C10H6ClN3O2S/c11-6-1-2-8(12-5-6)17-9-7(10(15)16)3-4-13-14-9/h1-5H,(H,15,16). The Kier molecular flexibility index (Phi) is 3.55. The van der Waals surface area contributed by atoms with E-state index in [-0.39, 0.29) is 5.56 Å². The maximum atomic E-state index is 10.9. The van der Waals surface area contributed by atoms with Gasteiger partial charge in [-0.3, -0.25) is 0 Å². The SMILES string of the molecule is O=C(O)c1ccnnc1Sc1ccc(Cl)cn1. The van der Waals surface area contributed by atoms with Crippen molar-refractivity contribution in [2.75, 3.05) is 0 Å². The molecular formula is C10H6ClN3O2S. The van der Waals surface area contributed by atoms with Gasteiger partial charge in [-0.15, -0.1) is 5.10 Å². The van der Waals surface area contributed by atoms with E-state index < -0.39 is 5.97 Å². The molecule has 0 aromatic carbocycles. The van der Waals surface area contributed by atoms with Crippen LogP contribution in [-0.4, -0.2) is 26.3 Å². The number of carboxylic acid groups (broad SMARTS) is 1. The average molecular weight is 268 g/mol. The van der Waals surface area contributed by atoms with E-state index in [1.54, 1.807) is 12.1 Å². The first-order valence-corrected chi connectivity index (χ1v) is 5.70. The summed E-state index contributed by atoms with van der Waals surface area (Å²) in [6.45, 7) is 0. The molecule has 2 rings (SSSR count). The van der Waals surface area contributed by atoms with Crippen LogP contribution in [0.15, 0.2) is 40.6 Å². The molecule has 1 N–H and O–H groups in total. The van der Waals surface area contributed by atoms with Crippen LogP contribution >= 0.6 is 23.4 Å². The molecule has 2 aromatic heterocycles. The summed E-state index contributed by atoms with van der Waals surface area (Å²) in [6, 6.07) is 4.76. The fourth-order valence-corrected chi connectivity index (χ4v) is 1.98. The Morgan fingerprint density at radius 3 is 2.82 bits per heavy atom. The van der Waals surface area contributed by atoms with E-state index in [1.165, 1.54) is 18.5 Å². The van der Waals surface area contributed by atoms with Crippen LogP contribution in [0.5, 0.6) is 0 Å². The van der Waals surface area contributed by atoms with Gasteiger partial charge in [0.25, 0.3) is 0 Å². The molecule has 0 aliphatic rings. The molecular weight excluding hydrogens is 262 g/mol. The van der Waals surface area contributed by atoms with Crippen LogP contribution in [0, 0.1) is 0 Å². The Bertz CT molecular complexity index is 548. The molecule has 0 aliphatic heterocycles. The lowest BCUT2D eigenvalue weighted by Gasteiger charge is -2.02. The van der Waals surface area contributed by atoms with Crippen molar-refractivity contribution >= 4 is 29.3 Å². The van der Waals surface area contributed by atoms with Gasteiger partial charge in [-0.1, -0.05) is 11.6 Å². The highest BCUT2D eigenvalue weighted by Crippen LogP contribution is 2.27. The van der Waals surface area contributed by atoms with Crippen LogP contribution in [0.2, 0.25) is 5.02 Å². The summed E-state index contributed by atoms with van der Waals surface area (Å²) in [4.78, 5) is 15.0. The molecule has 86 valence electrons. The zero-order valence-corrected chi connectivity index (χ0v) is 9.94. The normalized spacial score (nSPS) is 10.2. The molecule has 0 amide bonds. The third kappa shape index (κ3) is 2.92. The maximum Gasteiger partial charge on any atom is 0.338 e. The fraction of sp³-hybridized carbons (Fsp3) is 0. The molecule has 0 bridgehead atoms. The van der Waals surface area contributed by atoms with Crippen LogP contribution < -0.4 is 0 Å². The lowest BCUT2D eigenvalue weighted by molar-refractivity contribution is 0.0692. The molecule has 0 saturated heterocycles. The maximum absolute atomic E-state index is 10.9. The van der Waals surface area contributed by atoms with Gasteiger partial charge in [-0.2, -0.15) is 5.10 Å². The molecule has 2 heterocycles. The third-order valence-corrected chi connectivity index (χ3v) is 2.99. The van der Waals surface area contributed by atoms with Gasteiger partial charge in [0.2, 0.25) is 0 Å². The van der Waals surface area contributed by atoms with E-state index in [1.807, 2.05) is 0 Å². The first-order chi connectivity index (χ1) is 8.16. The number of pyridine rings is 1. The minimum atomic E-state index is -1.05. The zero-order valence-electron chi connectivity index (χ0n) is 8.37. The number of nitrogens with zero attached hydrogens (tertiary/aromatic N) is 3. The fourth-order valence-electron chi connectivity index (χ4n) is 1.08. The summed E-state index contributed by atoms with van der Waals surface area (Å²) < 4.78 is 0. The van der Waals surface area contributed by atoms with Crippen molar-refractivity contribution in [2.45, 2.75) is 10.1 Å². The summed E-state index contributed by atoms with van der Waals surface area (Å²) in [6.07, 6.45) is 2.82. The highest BCUT2D eigenvalue weighted by molar-refractivity contribution is 7.99. The van der Waals surface area contributed by atoms with Crippen molar-refractivity contribution < 1.29 is 9.90 Å². The number of halogens is 1. The molecule has 0 aliphatic carbocycles. The summed E-state index contributed by atoms with van der Waals surface area (Å²) in [7, 11) is 0. The Morgan fingerprint density at radius 1 is 1.35 bits per heavy atom. The van der Waals surface area contributed by atoms with E-state index in [4.69, 9.17) is 16.7 Å². The van der Waals surface area contributed by atoms with E-state index in [9.17, 15) is 4.79 Å². The van der Waals surface area contributed by atoms with Crippen LogP contribution in [0.3, 0.4) is 0 Å². The highest BCUT2D eigenvalue weighted by Gasteiger charge is 2.13. The number of aromatic nitrogens is 3. The number of carboxylic acids is 1. The topological polar surface area (TPSA) is 76.0 Å². The quantitative estimate of drug-likeness (QED) is 0.920. The van der Waals surface area contributed by atoms with Gasteiger partial charge in [0.05, 0.1) is 16.8 Å². The molecule has 0 radical (unpaired) electrons. The Hall–Kier alpha value is -1.66. The molecule has 0 fully saturated rings. The Balaban J connectivity index is 2.30. The van der Waals surface area contributed by atoms with Gasteiger partial charge >= 0.3 is 5.97 Å². The van der Waals surface area contributed by atoms with E-state index >= 15 is 0 Å². The van der Waals surface area contributed by atoms with Crippen molar-refractivity contribution in [1.29, 1.82) is 0 Å². The minimum absolute atomic E-state index is 0.0988. The monoisotopic (exact) mass is 267 g/mol. The molecule has 0 spiro atoms. The van der Waals surface area contributed by atoms with Crippen molar-refractivity contribution in [2.24, 2.45) is 0 Å². The Morgan fingerprint density at radius 2 is 2.18 bits per heavy atom. The summed E-state index contributed by atoms with van der Waals surface area (Å²) in [5.74, 6) is -1.05. The Labute approximate surface area is 106 Å². The number of hydrogen-bond donors (Lipinski definition) is 1. The van der Waals surface area contributed by atoms with Crippen molar-refractivity contribution in [3.63, 3.8) is 0 Å². The number of carbonyl (C=O) groups is 1. The van der Waals surface area contributed by atoms with Gasteiger partial charge < -0.3 is 5.11 Å². The number of hydrogen-bond acceptors (Lipinski definition) is 5. The molecule has 7 heteroatoms. The first-order valence-electron chi connectivity index (χ1n) is 4.51. The minimum Gasteiger partial charge on any atom is -0.478 e. The lowest BCUT2D eigenvalue weighted by atomic mass is 10.3. The predicted octanol–water partition coefficient (Wildman–Crippen LogP) is 2.37. The van der Waals surface area contributed by atoms with E-state index in [0.29, 0.717) is 15.1 Å². The van der Waals surface area contributed by atoms with Crippen LogP contribution in [-0.2, 0) is 0 Å². The molecule has 5 nitrogen and oxygen atoms in total. The van der Waals surface area contributed by atoms with Crippen LogP contribution in [0.1, 0.15) is 10.4 Å². The predicted molar refractivity (Wildman–Crippen MR) is 62.4 cm³/mol. The van der Waals surface area contributed by atoms with Crippen molar-refractivity contribution in [1.82, 2.24) is 15.2 Å². The summed E-state index contributed by atoms with van der Waals surface area (Å²) in [5.41, 5.74) is 0.0988. The van der Waals surface area contributed by atoms with Crippen LogP contribution in [0.4, 0.5) is 0 Å². The summed E-state index contributed by atoms with van der Waals surface area (Å²) in [5, 5.41) is 17.8. The second kappa shape index (κ2) is 5.11. The van der Waals surface area contributed by atoms with Gasteiger partial charge in [-0.25, -0.2) is 9.78 Å². The lowest BCUT2D eigenvalue weighted by Crippen LogP contribution is -2.01. The van der Waals surface area contributed by atoms with Gasteiger partial charge in [0, 0.05) is 6.20 Å². The largest absolute Gasteiger partial charge is 0.478 e. The highest BCUT2D eigenvalue weighted by atomic mass is 35.5. The van der Waals surface area contributed by atoms with Gasteiger partial charge in [0.1, 0.15) is 10.1 Å².